The van der Waals surface area contributed by atoms with E-state index in [4.69, 9.17) is 5.73 Å². The Labute approximate surface area is 127 Å². The number of amides is 1. The molecule has 0 aromatic carbocycles. The first-order valence-electron chi connectivity index (χ1n) is 7.75. The van der Waals surface area contributed by atoms with Crippen LogP contribution in [-0.2, 0) is 4.79 Å². The van der Waals surface area contributed by atoms with Crippen molar-refractivity contribution in [1.82, 2.24) is 19.5 Å². The van der Waals surface area contributed by atoms with Crippen molar-refractivity contribution in [3.63, 3.8) is 0 Å². The van der Waals surface area contributed by atoms with Crippen LogP contribution in [0.5, 0.6) is 0 Å². The molecular weight excluding hydrogens is 278 g/mol. The van der Waals surface area contributed by atoms with Crippen molar-refractivity contribution < 1.29 is 4.79 Å². The van der Waals surface area contributed by atoms with E-state index in [9.17, 15) is 4.79 Å². The van der Waals surface area contributed by atoms with Crippen LogP contribution in [0.4, 0.5) is 0 Å². The molecule has 3 heterocycles. The smallest absolute Gasteiger partial charge is 0.220 e. The van der Waals surface area contributed by atoms with E-state index < -0.39 is 0 Å². The lowest BCUT2D eigenvalue weighted by molar-refractivity contribution is -0.122. The molecule has 3 aromatic rings. The Morgan fingerprint density at radius 3 is 2.86 bits per heavy atom. The summed E-state index contributed by atoms with van der Waals surface area (Å²) in [6.45, 7) is 2.04. The molecule has 6 nitrogen and oxygen atoms in total. The van der Waals surface area contributed by atoms with E-state index in [0.717, 1.165) is 53.6 Å². The summed E-state index contributed by atoms with van der Waals surface area (Å²) in [5.74, 6) is 0.871. The van der Waals surface area contributed by atoms with Gasteiger partial charge in [-0.25, -0.2) is 9.97 Å². The summed E-state index contributed by atoms with van der Waals surface area (Å²) in [5.41, 5.74) is 8.41. The van der Waals surface area contributed by atoms with Crippen LogP contribution in [0.25, 0.3) is 22.1 Å². The average molecular weight is 297 g/mol. The van der Waals surface area contributed by atoms with E-state index in [1.54, 1.807) is 0 Å². The Bertz CT molecular complexity index is 854. The zero-order chi connectivity index (χ0) is 15.3. The number of pyridine rings is 1. The minimum absolute atomic E-state index is 0.0280. The molecule has 114 valence electrons. The van der Waals surface area contributed by atoms with Crippen LogP contribution >= 0.6 is 0 Å². The number of carbonyl (C=O) groups is 1. The topological polar surface area (TPSA) is 89.6 Å². The van der Waals surface area contributed by atoms with Gasteiger partial charge < -0.3 is 15.3 Å². The summed E-state index contributed by atoms with van der Waals surface area (Å²) in [5, 5.41) is 1.11. The first-order chi connectivity index (χ1) is 10.6. The van der Waals surface area contributed by atoms with Crippen LogP contribution in [0, 0.1) is 12.8 Å². The third kappa shape index (κ3) is 1.90. The van der Waals surface area contributed by atoms with Gasteiger partial charge in [-0.1, -0.05) is 0 Å². The molecule has 0 bridgehead atoms. The Kier molecular flexibility index (Phi) is 2.92. The second kappa shape index (κ2) is 4.83. The van der Waals surface area contributed by atoms with Crippen LogP contribution in [0.15, 0.2) is 18.5 Å². The van der Waals surface area contributed by atoms with Gasteiger partial charge in [0.15, 0.2) is 0 Å². The number of aromatic amines is 1. The number of aryl methyl sites for hydroxylation is 1. The standard InChI is InChI=1S/C16H19N5O/c1-9-20-13-8-19-16-12(6-7-18-16)14(13)21(9)11-4-2-10(3-5-11)15(17)22/h6-8,10-11H,2-5H2,1H3,(H2,17,22)(H,18,19). The van der Waals surface area contributed by atoms with E-state index in [-0.39, 0.29) is 11.8 Å². The van der Waals surface area contributed by atoms with Crippen LogP contribution < -0.4 is 5.73 Å². The molecule has 0 unspecified atom stereocenters. The van der Waals surface area contributed by atoms with Gasteiger partial charge in [-0.3, -0.25) is 4.79 Å². The first-order valence-corrected chi connectivity index (χ1v) is 7.75. The second-order valence-corrected chi connectivity index (χ2v) is 6.17. The number of carbonyl (C=O) groups excluding carboxylic acids is 1. The minimum Gasteiger partial charge on any atom is -0.369 e. The third-order valence-corrected chi connectivity index (χ3v) is 4.87. The Morgan fingerprint density at radius 2 is 2.14 bits per heavy atom. The molecule has 0 spiro atoms. The second-order valence-electron chi connectivity index (χ2n) is 6.17. The lowest BCUT2D eigenvalue weighted by Gasteiger charge is -2.29. The average Bonchev–Trinajstić information content (AvgIpc) is 3.10. The van der Waals surface area contributed by atoms with Crippen molar-refractivity contribution in [1.29, 1.82) is 0 Å². The molecule has 1 fully saturated rings. The fraction of sp³-hybridized carbons (Fsp3) is 0.438. The number of rotatable bonds is 2. The van der Waals surface area contributed by atoms with E-state index in [1.807, 2.05) is 19.3 Å². The summed E-state index contributed by atoms with van der Waals surface area (Å²) in [6.07, 6.45) is 7.39. The van der Waals surface area contributed by atoms with Gasteiger partial charge >= 0.3 is 0 Å². The molecular formula is C16H19N5O. The number of hydrogen-bond acceptors (Lipinski definition) is 3. The third-order valence-electron chi connectivity index (χ3n) is 4.87. The number of nitrogens with one attached hydrogen (secondary N) is 1. The predicted molar refractivity (Wildman–Crippen MR) is 84.3 cm³/mol. The Hall–Kier alpha value is -2.37. The molecule has 1 aliphatic rings. The van der Waals surface area contributed by atoms with Crippen molar-refractivity contribution in [2.45, 2.75) is 38.6 Å². The van der Waals surface area contributed by atoms with Crippen LogP contribution in [0.3, 0.4) is 0 Å². The summed E-state index contributed by atoms with van der Waals surface area (Å²) < 4.78 is 2.32. The Balaban J connectivity index is 1.80. The lowest BCUT2D eigenvalue weighted by Crippen LogP contribution is -2.28. The van der Waals surface area contributed by atoms with Crippen LogP contribution in [0.1, 0.15) is 37.5 Å². The number of imidazole rings is 1. The van der Waals surface area contributed by atoms with Gasteiger partial charge in [-0.2, -0.15) is 0 Å². The zero-order valence-electron chi connectivity index (χ0n) is 12.5. The fourth-order valence-corrected chi connectivity index (χ4v) is 3.77. The molecule has 1 aliphatic carbocycles. The SMILES string of the molecule is Cc1nc2cnc3[nH]ccc3c2n1C1CCC(C(N)=O)CC1. The number of aromatic nitrogens is 4. The van der Waals surface area contributed by atoms with E-state index in [2.05, 4.69) is 25.6 Å². The zero-order valence-corrected chi connectivity index (χ0v) is 12.5. The van der Waals surface area contributed by atoms with Gasteiger partial charge in [0.25, 0.3) is 0 Å². The van der Waals surface area contributed by atoms with Gasteiger partial charge in [-0.05, 0) is 38.7 Å². The van der Waals surface area contributed by atoms with E-state index in [0.29, 0.717) is 6.04 Å². The van der Waals surface area contributed by atoms with Gasteiger partial charge in [0, 0.05) is 23.5 Å². The molecule has 1 saturated carbocycles. The molecule has 3 aromatic heterocycles. The number of primary amides is 1. The summed E-state index contributed by atoms with van der Waals surface area (Å²) >= 11 is 0. The van der Waals surface area contributed by atoms with Gasteiger partial charge in [0.05, 0.1) is 11.7 Å². The molecule has 4 rings (SSSR count). The summed E-state index contributed by atoms with van der Waals surface area (Å²) in [7, 11) is 0. The van der Waals surface area contributed by atoms with Crippen molar-refractivity contribution >= 4 is 28.0 Å². The molecule has 0 aliphatic heterocycles. The minimum atomic E-state index is -0.164. The predicted octanol–water partition coefficient (Wildman–Crippen LogP) is 2.44. The van der Waals surface area contributed by atoms with Crippen LogP contribution in [0.2, 0.25) is 0 Å². The number of fused-ring (bicyclic) bond motifs is 3. The highest BCUT2D eigenvalue weighted by Gasteiger charge is 2.28. The quantitative estimate of drug-likeness (QED) is 0.761. The largest absolute Gasteiger partial charge is 0.369 e. The number of nitrogens with zero attached hydrogens (tertiary/aromatic N) is 3. The van der Waals surface area contributed by atoms with Crippen LogP contribution in [-0.4, -0.2) is 25.4 Å². The molecule has 0 atom stereocenters. The van der Waals surface area contributed by atoms with Crippen molar-refractivity contribution in [3.05, 3.63) is 24.3 Å². The maximum absolute atomic E-state index is 11.4. The number of H-pyrrole nitrogens is 1. The summed E-state index contributed by atoms with van der Waals surface area (Å²) in [4.78, 5) is 23.6. The van der Waals surface area contributed by atoms with E-state index in [1.165, 1.54) is 0 Å². The van der Waals surface area contributed by atoms with Crippen molar-refractivity contribution in [3.8, 4) is 0 Å². The van der Waals surface area contributed by atoms with Gasteiger partial charge in [0.2, 0.25) is 5.91 Å². The maximum atomic E-state index is 11.4. The summed E-state index contributed by atoms with van der Waals surface area (Å²) in [6, 6.07) is 2.43. The first kappa shape index (κ1) is 13.3. The number of hydrogen-bond donors (Lipinski definition) is 2. The highest BCUT2D eigenvalue weighted by atomic mass is 16.1. The molecule has 3 N–H and O–H groups in total. The molecule has 22 heavy (non-hydrogen) atoms. The van der Waals surface area contributed by atoms with Crippen molar-refractivity contribution in [2.75, 3.05) is 0 Å². The van der Waals surface area contributed by atoms with Crippen molar-refractivity contribution in [2.24, 2.45) is 11.7 Å². The molecule has 0 saturated heterocycles. The maximum Gasteiger partial charge on any atom is 0.220 e. The monoisotopic (exact) mass is 297 g/mol. The molecule has 1 amide bonds. The number of nitrogens with two attached hydrogens (primary N) is 1. The molecule has 0 radical (unpaired) electrons. The Morgan fingerprint density at radius 1 is 1.36 bits per heavy atom. The van der Waals surface area contributed by atoms with Gasteiger partial charge in [-0.15, -0.1) is 0 Å². The molecule has 6 heteroatoms. The highest BCUT2D eigenvalue weighted by molar-refractivity contribution is 6.01. The highest BCUT2D eigenvalue weighted by Crippen LogP contribution is 2.36. The fourth-order valence-electron chi connectivity index (χ4n) is 3.77. The lowest BCUT2D eigenvalue weighted by atomic mass is 9.85. The van der Waals surface area contributed by atoms with Gasteiger partial charge in [0.1, 0.15) is 17.0 Å². The van der Waals surface area contributed by atoms with E-state index >= 15 is 0 Å². The normalized spacial score (nSPS) is 22.4.